The number of sulfone groups is 1. The second-order valence-electron chi connectivity index (χ2n) is 5.07. The number of pyridine rings is 1. The number of nitrogens with zero attached hydrogens (tertiary/aromatic N) is 3. The standard InChI is InChI=1S/C16H15N3O4S/c1-11(20)13-7-3-4-8-14(13)15(21)16(24(2,22)23)19-18-12-6-5-9-17-10-12/h3-10,16H,1-2H3/b19-18+. The molecule has 0 aliphatic carbocycles. The summed E-state index contributed by atoms with van der Waals surface area (Å²) in [5.41, 5.74) is 0.470. The van der Waals surface area contributed by atoms with Crippen LogP contribution in [0.25, 0.3) is 0 Å². The molecule has 2 rings (SSSR count). The van der Waals surface area contributed by atoms with Gasteiger partial charge in [0.25, 0.3) is 0 Å². The number of carbonyl (C=O) groups is 2. The third-order valence-electron chi connectivity index (χ3n) is 3.13. The minimum absolute atomic E-state index is 0.00515. The molecular weight excluding hydrogens is 330 g/mol. The number of Topliss-reactive ketones (excluding diaryl/α,β-unsaturated/α-hetero) is 2. The van der Waals surface area contributed by atoms with Gasteiger partial charge in [-0.1, -0.05) is 24.3 Å². The molecule has 1 heterocycles. The van der Waals surface area contributed by atoms with Crippen LogP contribution in [0.1, 0.15) is 27.6 Å². The van der Waals surface area contributed by atoms with Crippen molar-refractivity contribution < 1.29 is 18.0 Å². The van der Waals surface area contributed by atoms with Gasteiger partial charge in [0.05, 0.1) is 6.20 Å². The van der Waals surface area contributed by atoms with Crippen molar-refractivity contribution in [3.8, 4) is 0 Å². The Morgan fingerprint density at radius 1 is 1.08 bits per heavy atom. The summed E-state index contributed by atoms with van der Waals surface area (Å²) in [6.07, 6.45) is 3.81. The maximum absolute atomic E-state index is 12.6. The largest absolute Gasteiger partial charge is 0.294 e. The molecule has 8 heteroatoms. The normalized spacial score (nSPS) is 12.9. The van der Waals surface area contributed by atoms with Crippen LogP contribution in [-0.4, -0.2) is 36.6 Å². The fourth-order valence-electron chi connectivity index (χ4n) is 2.00. The molecule has 0 saturated carbocycles. The molecule has 0 spiro atoms. The van der Waals surface area contributed by atoms with Gasteiger partial charge in [-0.25, -0.2) is 8.42 Å². The Kier molecular flexibility index (Phi) is 5.30. The van der Waals surface area contributed by atoms with Crippen molar-refractivity contribution in [2.45, 2.75) is 12.3 Å². The smallest absolute Gasteiger partial charge is 0.234 e. The van der Waals surface area contributed by atoms with Crippen LogP contribution < -0.4 is 0 Å². The molecule has 0 saturated heterocycles. The maximum atomic E-state index is 12.6. The van der Waals surface area contributed by atoms with E-state index >= 15 is 0 Å². The molecule has 0 radical (unpaired) electrons. The average molecular weight is 345 g/mol. The molecule has 0 fully saturated rings. The van der Waals surface area contributed by atoms with Crippen molar-refractivity contribution in [3.05, 3.63) is 59.9 Å². The maximum Gasteiger partial charge on any atom is 0.234 e. The van der Waals surface area contributed by atoms with Gasteiger partial charge in [0, 0.05) is 23.6 Å². The Labute approximate surface area is 139 Å². The van der Waals surface area contributed by atoms with Crippen LogP contribution in [-0.2, 0) is 9.84 Å². The van der Waals surface area contributed by atoms with E-state index in [1.54, 1.807) is 24.3 Å². The minimum Gasteiger partial charge on any atom is -0.294 e. The fourth-order valence-corrected chi connectivity index (χ4v) is 2.74. The first-order valence-electron chi connectivity index (χ1n) is 6.94. The van der Waals surface area contributed by atoms with Crippen molar-refractivity contribution in [3.63, 3.8) is 0 Å². The summed E-state index contributed by atoms with van der Waals surface area (Å²) >= 11 is 0. The average Bonchev–Trinajstić information content (AvgIpc) is 2.54. The molecule has 1 atom stereocenters. The number of azo groups is 1. The molecule has 0 aliphatic rings. The molecule has 1 unspecified atom stereocenters. The summed E-state index contributed by atoms with van der Waals surface area (Å²) < 4.78 is 23.9. The number of carbonyl (C=O) groups excluding carboxylic acids is 2. The Balaban J connectivity index is 2.45. The number of hydrogen-bond donors (Lipinski definition) is 0. The lowest BCUT2D eigenvalue weighted by atomic mass is 10.0. The topological polar surface area (TPSA) is 106 Å². The molecule has 1 aromatic carbocycles. The summed E-state index contributed by atoms with van der Waals surface area (Å²) in [4.78, 5) is 28.1. The Hall–Kier alpha value is -2.74. The molecule has 0 N–H and O–H groups in total. The zero-order valence-electron chi connectivity index (χ0n) is 13.1. The predicted octanol–water partition coefficient (Wildman–Crippen LogP) is 2.62. The summed E-state index contributed by atoms with van der Waals surface area (Å²) in [6, 6.07) is 9.20. The van der Waals surface area contributed by atoms with Gasteiger partial charge in [0.2, 0.25) is 11.2 Å². The van der Waals surface area contributed by atoms with Crippen LogP contribution in [0.5, 0.6) is 0 Å². The molecule has 0 aliphatic heterocycles. The molecule has 0 amide bonds. The lowest BCUT2D eigenvalue weighted by Gasteiger charge is -2.11. The summed E-state index contributed by atoms with van der Waals surface area (Å²) in [5, 5.41) is 5.73. The Morgan fingerprint density at radius 3 is 2.29 bits per heavy atom. The van der Waals surface area contributed by atoms with Crippen molar-refractivity contribution in [2.24, 2.45) is 10.2 Å². The highest BCUT2D eigenvalue weighted by Crippen LogP contribution is 2.18. The number of benzene rings is 1. The third kappa shape index (κ3) is 4.17. The van der Waals surface area contributed by atoms with E-state index in [2.05, 4.69) is 15.2 Å². The van der Waals surface area contributed by atoms with E-state index in [1.165, 1.54) is 31.5 Å². The van der Waals surface area contributed by atoms with E-state index in [1.807, 2.05) is 0 Å². The number of hydrogen-bond acceptors (Lipinski definition) is 7. The van der Waals surface area contributed by atoms with Crippen LogP contribution >= 0.6 is 0 Å². The molecular formula is C16H15N3O4S. The first kappa shape index (κ1) is 17.6. The van der Waals surface area contributed by atoms with Crippen LogP contribution in [0, 0.1) is 0 Å². The van der Waals surface area contributed by atoms with Crippen LogP contribution in [0.15, 0.2) is 59.0 Å². The Morgan fingerprint density at radius 2 is 1.75 bits per heavy atom. The highest BCUT2D eigenvalue weighted by atomic mass is 32.2. The third-order valence-corrected chi connectivity index (χ3v) is 4.25. The zero-order chi connectivity index (χ0) is 17.7. The second kappa shape index (κ2) is 7.22. The van der Waals surface area contributed by atoms with Gasteiger partial charge < -0.3 is 0 Å². The van der Waals surface area contributed by atoms with Gasteiger partial charge >= 0.3 is 0 Å². The second-order valence-corrected chi connectivity index (χ2v) is 7.18. The molecule has 0 bridgehead atoms. The van der Waals surface area contributed by atoms with Gasteiger partial charge in [-0.15, -0.1) is 0 Å². The predicted molar refractivity (Wildman–Crippen MR) is 88.2 cm³/mol. The first-order chi connectivity index (χ1) is 11.3. The lowest BCUT2D eigenvalue weighted by Crippen LogP contribution is -2.28. The van der Waals surface area contributed by atoms with Gasteiger partial charge in [-0.05, 0) is 19.1 Å². The monoisotopic (exact) mass is 345 g/mol. The quantitative estimate of drug-likeness (QED) is 0.591. The SMILES string of the molecule is CC(=O)c1ccccc1C(=O)C(/N=N/c1cccnc1)S(C)(=O)=O. The lowest BCUT2D eigenvalue weighted by molar-refractivity contribution is 0.0965. The molecule has 24 heavy (non-hydrogen) atoms. The van der Waals surface area contributed by atoms with Crippen molar-refractivity contribution in [1.29, 1.82) is 0 Å². The van der Waals surface area contributed by atoms with E-state index in [9.17, 15) is 18.0 Å². The zero-order valence-corrected chi connectivity index (χ0v) is 13.9. The number of aromatic nitrogens is 1. The summed E-state index contributed by atoms with van der Waals surface area (Å²) in [7, 11) is -3.87. The van der Waals surface area contributed by atoms with Crippen LogP contribution in [0.3, 0.4) is 0 Å². The molecule has 2 aromatic rings. The van der Waals surface area contributed by atoms with Crippen molar-refractivity contribution in [2.75, 3.05) is 6.26 Å². The van der Waals surface area contributed by atoms with Crippen LogP contribution in [0.4, 0.5) is 5.69 Å². The van der Waals surface area contributed by atoms with Crippen molar-refractivity contribution in [1.82, 2.24) is 4.98 Å². The van der Waals surface area contributed by atoms with E-state index in [4.69, 9.17) is 0 Å². The molecule has 7 nitrogen and oxygen atoms in total. The molecule has 1 aromatic heterocycles. The first-order valence-corrected chi connectivity index (χ1v) is 8.90. The molecule has 124 valence electrons. The van der Waals surface area contributed by atoms with E-state index in [-0.39, 0.29) is 16.9 Å². The van der Waals surface area contributed by atoms with Gasteiger partial charge in [-0.2, -0.15) is 10.2 Å². The van der Waals surface area contributed by atoms with Gasteiger partial charge in [-0.3, -0.25) is 14.6 Å². The number of ketones is 2. The fraction of sp³-hybridized carbons (Fsp3) is 0.188. The van der Waals surface area contributed by atoms with Gasteiger partial charge in [0.1, 0.15) is 5.69 Å². The Bertz CT molecular complexity index is 893. The highest BCUT2D eigenvalue weighted by molar-refractivity contribution is 7.92. The van der Waals surface area contributed by atoms with E-state index in [0.717, 1.165) is 6.26 Å². The van der Waals surface area contributed by atoms with Gasteiger partial charge in [0.15, 0.2) is 15.6 Å². The number of rotatable bonds is 6. The van der Waals surface area contributed by atoms with E-state index < -0.39 is 21.0 Å². The van der Waals surface area contributed by atoms with Crippen LogP contribution in [0.2, 0.25) is 0 Å². The highest BCUT2D eigenvalue weighted by Gasteiger charge is 2.31. The summed E-state index contributed by atoms with van der Waals surface area (Å²) in [6.45, 7) is 1.30. The minimum atomic E-state index is -3.87. The summed E-state index contributed by atoms with van der Waals surface area (Å²) in [5.74, 6) is -1.13. The van der Waals surface area contributed by atoms with Crippen molar-refractivity contribution >= 4 is 27.1 Å². The van der Waals surface area contributed by atoms with E-state index in [0.29, 0.717) is 5.69 Å².